The molecule has 0 amide bonds. The highest BCUT2D eigenvalue weighted by Crippen LogP contribution is 2.18. The van der Waals surface area contributed by atoms with Gasteiger partial charge in [-0.15, -0.1) is 0 Å². The highest BCUT2D eigenvalue weighted by Gasteiger charge is 1.96. The quantitative estimate of drug-likeness (QED) is 0.440. The minimum Gasteiger partial charge on any atom is -0.452 e. The minimum atomic E-state index is 1.06. The van der Waals surface area contributed by atoms with Gasteiger partial charge >= 0.3 is 0 Å². The molecule has 92 valence electrons. The molecule has 0 bridgehead atoms. The highest BCUT2D eigenvalue weighted by molar-refractivity contribution is 5.92. The van der Waals surface area contributed by atoms with Crippen LogP contribution < -0.4 is 0 Å². The first-order chi connectivity index (χ1) is 9.43. The van der Waals surface area contributed by atoms with E-state index in [4.69, 9.17) is 0 Å². The lowest BCUT2D eigenvalue weighted by molar-refractivity contribution is 0.558. The Morgan fingerprint density at radius 2 is 1.42 bits per heavy atom. The van der Waals surface area contributed by atoms with Crippen molar-refractivity contribution >= 4 is 21.8 Å². The molecular formula is C16H12N2O. The Morgan fingerprint density at radius 3 is 1.89 bits per heavy atom. The summed E-state index contributed by atoms with van der Waals surface area (Å²) in [5.74, 6) is 0. The zero-order valence-corrected chi connectivity index (χ0v) is 10.2. The van der Waals surface area contributed by atoms with Gasteiger partial charge in [-0.1, -0.05) is 36.4 Å². The summed E-state index contributed by atoms with van der Waals surface area (Å²) in [4.78, 5) is 8.13. The van der Waals surface area contributed by atoms with Gasteiger partial charge < -0.3 is 4.42 Å². The standard InChI is InChI=1S/C13H9N.C3H3NO/c1-3-7-12-10(5-1)9-11-6-2-4-8-13(11)14-12;1-2-5-3-4-1/h1-9H;1-3H. The Hall–Kier alpha value is -2.68. The summed E-state index contributed by atoms with van der Waals surface area (Å²) in [6, 6.07) is 18.6. The zero-order valence-electron chi connectivity index (χ0n) is 10.2. The molecule has 0 aliphatic carbocycles. The van der Waals surface area contributed by atoms with E-state index in [9.17, 15) is 0 Å². The average Bonchev–Trinajstić information content (AvgIpc) is 3.04. The van der Waals surface area contributed by atoms with E-state index in [1.165, 1.54) is 23.4 Å². The first-order valence-corrected chi connectivity index (χ1v) is 6.00. The number of hydrogen-bond acceptors (Lipinski definition) is 3. The number of rotatable bonds is 0. The van der Waals surface area contributed by atoms with Gasteiger partial charge in [0.05, 0.1) is 17.2 Å². The SMILES string of the molecule is c1ccc2nc3ccccc3cc2c1.c1cocn1. The summed E-state index contributed by atoms with van der Waals surface area (Å²) in [7, 11) is 0. The number of oxazole rings is 1. The van der Waals surface area contributed by atoms with Crippen LogP contribution in [0.4, 0.5) is 0 Å². The van der Waals surface area contributed by atoms with Crippen LogP contribution in [0.5, 0.6) is 0 Å². The molecule has 0 unspecified atom stereocenters. The number of hydrogen-bond donors (Lipinski definition) is 0. The van der Waals surface area contributed by atoms with Gasteiger partial charge in [0.15, 0.2) is 6.39 Å². The second-order valence-corrected chi connectivity index (χ2v) is 4.05. The summed E-state index contributed by atoms with van der Waals surface area (Å²) in [5.41, 5.74) is 2.12. The largest absolute Gasteiger partial charge is 0.452 e. The third-order valence-corrected chi connectivity index (χ3v) is 2.77. The molecule has 0 saturated carbocycles. The fourth-order valence-electron chi connectivity index (χ4n) is 1.90. The maximum Gasteiger partial charge on any atom is 0.180 e. The van der Waals surface area contributed by atoms with Crippen LogP contribution in [0.15, 0.2) is 77.9 Å². The predicted octanol–water partition coefficient (Wildman–Crippen LogP) is 4.06. The van der Waals surface area contributed by atoms with Crippen LogP contribution in [-0.4, -0.2) is 9.97 Å². The Balaban J connectivity index is 0.000000187. The van der Waals surface area contributed by atoms with E-state index in [0.29, 0.717) is 0 Å². The number of pyridine rings is 1. The van der Waals surface area contributed by atoms with Crippen LogP contribution in [-0.2, 0) is 0 Å². The number of benzene rings is 2. The van der Waals surface area contributed by atoms with Crippen LogP contribution in [0, 0.1) is 0 Å². The van der Waals surface area contributed by atoms with Crippen molar-refractivity contribution < 1.29 is 4.42 Å². The molecule has 4 aromatic rings. The van der Waals surface area contributed by atoms with E-state index in [-0.39, 0.29) is 0 Å². The van der Waals surface area contributed by atoms with Gasteiger partial charge in [0.1, 0.15) is 6.26 Å². The summed E-state index contributed by atoms with van der Waals surface area (Å²) < 4.78 is 4.47. The van der Waals surface area contributed by atoms with Gasteiger partial charge in [0.2, 0.25) is 0 Å². The van der Waals surface area contributed by atoms with Crippen molar-refractivity contribution in [2.75, 3.05) is 0 Å². The molecule has 4 rings (SSSR count). The molecule has 0 aliphatic rings. The topological polar surface area (TPSA) is 38.9 Å². The molecular weight excluding hydrogens is 236 g/mol. The lowest BCUT2D eigenvalue weighted by Gasteiger charge is -1.99. The van der Waals surface area contributed by atoms with E-state index in [1.54, 1.807) is 6.20 Å². The zero-order chi connectivity index (χ0) is 12.9. The van der Waals surface area contributed by atoms with Gasteiger partial charge in [-0.05, 0) is 18.2 Å². The van der Waals surface area contributed by atoms with Gasteiger partial charge in [-0.2, -0.15) is 0 Å². The number of nitrogens with zero attached hydrogens (tertiary/aromatic N) is 2. The second kappa shape index (κ2) is 5.31. The van der Waals surface area contributed by atoms with Crippen molar-refractivity contribution in [1.29, 1.82) is 0 Å². The molecule has 0 fully saturated rings. The minimum absolute atomic E-state index is 1.06. The molecule has 0 saturated heterocycles. The summed E-state index contributed by atoms with van der Waals surface area (Å²) in [6.45, 7) is 0. The molecule has 0 aliphatic heterocycles. The normalized spacial score (nSPS) is 10.1. The third-order valence-electron chi connectivity index (χ3n) is 2.77. The predicted molar refractivity (Wildman–Crippen MR) is 75.8 cm³/mol. The second-order valence-electron chi connectivity index (χ2n) is 4.05. The Kier molecular flexibility index (Phi) is 3.19. The lowest BCUT2D eigenvalue weighted by atomic mass is 10.1. The summed E-state index contributed by atoms with van der Waals surface area (Å²) in [5, 5.41) is 2.40. The van der Waals surface area contributed by atoms with Crippen molar-refractivity contribution in [3.05, 3.63) is 73.5 Å². The maximum atomic E-state index is 4.58. The molecule has 2 aromatic carbocycles. The first-order valence-electron chi connectivity index (χ1n) is 6.00. The van der Waals surface area contributed by atoms with Crippen molar-refractivity contribution in [3.8, 4) is 0 Å². The van der Waals surface area contributed by atoms with Crippen molar-refractivity contribution in [2.24, 2.45) is 0 Å². The number of fused-ring (bicyclic) bond motifs is 2. The molecule has 0 N–H and O–H groups in total. The lowest BCUT2D eigenvalue weighted by Crippen LogP contribution is -1.80. The van der Waals surface area contributed by atoms with Crippen LogP contribution >= 0.6 is 0 Å². The monoisotopic (exact) mass is 248 g/mol. The fraction of sp³-hybridized carbons (Fsp3) is 0. The number of aromatic nitrogens is 2. The van der Waals surface area contributed by atoms with Gasteiger partial charge in [0, 0.05) is 10.8 Å². The molecule has 3 nitrogen and oxygen atoms in total. The molecule has 3 heteroatoms. The van der Waals surface area contributed by atoms with Crippen LogP contribution in [0.1, 0.15) is 0 Å². The Morgan fingerprint density at radius 1 is 0.789 bits per heavy atom. The molecule has 19 heavy (non-hydrogen) atoms. The van der Waals surface area contributed by atoms with Crippen molar-refractivity contribution in [2.45, 2.75) is 0 Å². The van der Waals surface area contributed by atoms with E-state index >= 15 is 0 Å². The molecule has 2 heterocycles. The summed E-state index contributed by atoms with van der Waals surface area (Å²) >= 11 is 0. The van der Waals surface area contributed by atoms with E-state index < -0.39 is 0 Å². The highest BCUT2D eigenvalue weighted by atomic mass is 16.3. The van der Waals surface area contributed by atoms with E-state index in [1.807, 2.05) is 36.4 Å². The fourth-order valence-corrected chi connectivity index (χ4v) is 1.90. The Bertz CT molecular complexity index is 657. The maximum absolute atomic E-state index is 4.58. The Labute approximate surface area is 110 Å². The van der Waals surface area contributed by atoms with Gasteiger partial charge in [-0.3, -0.25) is 0 Å². The van der Waals surface area contributed by atoms with Crippen LogP contribution in [0.3, 0.4) is 0 Å². The van der Waals surface area contributed by atoms with Gasteiger partial charge in [-0.25, -0.2) is 9.97 Å². The van der Waals surface area contributed by atoms with Gasteiger partial charge in [0.25, 0.3) is 0 Å². The van der Waals surface area contributed by atoms with Crippen molar-refractivity contribution in [1.82, 2.24) is 9.97 Å². The molecule has 0 atom stereocenters. The molecule has 0 spiro atoms. The average molecular weight is 248 g/mol. The molecule has 0 radical (unpaired) electrons. The van der Waals surface area contributed by atoms with E-state index in [2.05, 4.69) is 32.6 Å². The third kappa shape index (κ3) is 2.60. The smallest absolute Gasteiger partial charge is 0.180 e. The van der Waals surface area contributed by atoms with E-state index in [0.717, 1.165) is 11.0 Å². The van der Waals surface area contributed by atoms with Crippen LogP contribution in [0.2, 0.25) is 0 Å². The first kappa shape index (κ1) is 11.4. The van der Waals surface area contributed by atoms with Crippen molar-refractivity contribution in [3.63, 3.8) is 0 Å². The molecule has 2 aromatic heterocycles. The van der Waals surface area contributed by atoms with Crippen LogP contribution in [0.25, 0.3) is 21.8 Å². The number of para-hydroxylation sites is 2. The summed E-state index contributed by atoms with van der Waals surface area (Å²) in [6.07, 6.45) is 4.47.